The Balaban J connectivity index is 3.09. The summed E-state index contributed by atoms with van der Waals surface area (Å²) in [5.74, 6) is -0.0947. The van der Waals surface area contributed by atoms with Crippen LogP contribution in [0, 0.1) is 0 Å². The number of carbonyl (C=O) groups excluding carboxylic acids is 1. The van der Waals surface area contributed by atoms with Crippen LogP contribution in [0.1, 0.15) is 71.1 Å². The third-order valence-electron chi connectivity index (χ3n) is 3.10. The van der Waals surface area contributed by atoms with Crippen molar-refractivity contribution in [1.29, 1.82) is 0 Å². The van der Waals surface area contributed by atoms with Crippen LogP contribution >= 0.6 is 15.9 Å². The van der Waals surface area contributed by atoms with Crippen LogP contribution in [-0.4, -0.2) is 31.1 Å². The monoisotopic (exact) mass is 350 g/mol. The van der Waals surface area contributed by atoms with Gasteiger partial charge in [0.15, 0.2) is 0 Å². The lowest BCUT2D eigenvalue weighted by Gasteiger charge is -2.05. The lowest BCUT2D eigenvalue weighted by atomic mass is 10.1. The summed E-state index contributed by atoms with van der Waals surface area (Å²) in [5.41, 5.74) is 0. The fourth-order valence-corrected chi connectivity index (χ4v) is 2.26. The maximum atomic E-state index is 11.4. The molecule has 0 saturated carbocycles. The molecule has 120 valence electrons. The van der Waals surface area contributed by atoms with Gasteiger partial charge in [-0.1, -0.05) is 55.0 Å². The molecule has 0 N–H and O–H groups in total. The summed E-state index contributed by atoms with van der Waals surface area (Å²) < 4.78 is 10.6. The third-order valence-corrected chi connectivity index (χ3v) is 3.66. The summed E-state index contributed by atoms with van der Waals surface area (Å²) in [6, 6.07) is 0. The molecule has 0 aliphatic rings. The van der Waals surface area contributed by atoms with Crippen molar-refractivity contribution in [3.8, 4) is 0 Å². The molecule has 0 amide bonds. The first kappa shape index (κ1) is 19.9. The largest absolute Gasteiger partial charge is 0.466 e. The number of esters is 1. The van der Waals surface area contributed by atoms with E-state index in [1.165, 1.54) is 32.1 Å². The molecule has 0 aliphatic heterocycles. The van der Waals surface area contributed by atoms with Gasteiger partial charge in [0.2, 0.25) is 0 Å². The van der Waals surface area contributed by atoms with Crippen LogP contribution in [0.15, 0.2) is 0 Å². The normalized spacial score (nSPS) is 10.7. The molecule has 0 fully saturated rings. The van der Waals surface area contributed by atoms with Crippen LogP contribution < -0.4 is 0 Å². The van der Waals surface area contributed by atoms with Gasteiger partial charge in [0.05, 0.1) is 6.61 Å². The number of hydrogen-bond acceptors (Lipinski definition) is 3. The van der Waals surface area contributed by atoms with Crippen molar-refractivity contribution in [1.82, 2.24) is 0 Å². The number of carbonyl (C=O) groups is 1. The van der Waals surface area contributed by atoms with Gasteiger partial charge in [0, 0.05) is 25.0 Å². The van der Waals surface area contributed by atoms with Gasteiger partial charge in [-0.3, -0.25) is 4.79 Å². The van der Waals surface area contributed by atoms with E-state index in [-0.39, 0.29) is 5.97 Å². The highest BCUT2D eigenvalue weighted by Gasteiger charge is 2.02. The average molecular weight is 351 g/mol. The predicted molar refractivity (Wildman–Crippen MR) is 87.4 cm³/mol. The van der Waals surface area contributed by atoms with E-state index < -0.39 is 0 Å². The van der Waals surface area contributed by atoms with Crippen molar-refractivity contribution in [2.45, 2.75) is 71.1 Å². The smallest absolute Gasteiger partial charge is 0.305 e. The van der Waals surface area contributed by atoms with E-state index in [2.05, 4.69) is 22.9 Å². The topological polar surface area (TPSA) is 35.5 Å². The molecule has 3 nitrogen and oxygen atoms in total. The van der Waals surface area contributed by atoms with Gasteiger partial charge in [-0.2, -0.15) is 0 Å². The van der Waals surface area contributed by atoms with Crippen LogP contribution in [0.4, 0.5) is 0 Å². The molecule has 0 aliphatic carbocycles. The molecule has 0 radical (unpaired) electrons. The molecular formula is C16H31BrO3. The number of alkyl halides is 1. The first-order valence-corrected chi connectivity index (χ1v) is 9.22. The summed E-state index contributed by atoms with van der Waals surface area (Å²) in [5, 5.41) is 0.969. The van der Waals surface area contributed by atoms with E-state index >= 15 is 0 Å². The SMILES string of the molecule is CCCCCCCCOCCCC(=O)OCCCCBr. The molecule has 0 aromatic carbocycles. The Labute approximate surface area is 132 Å². The maximum Gasteiger partial charge on any atom is 0.305 e. The van der Waals surface area contributed by atoms with E-state index in [4.69, 9.17) is 9.47 Å². The lowest BCUT2D eigenvalue weighted by molar-refractivity contribution is -0.144. The highest BCUT2D eigenvalue weighted by molar-refractivity contribution is 9.09. The summed E-state index contributed by atoms with van der Waals surface area (Å²) in [7, 11) is 0. The van der Waals surface area contributed by atoms with Crippen LogP contribution in [0.3, 0.4) is 0 Å². The van der Waals surface area contributed by atoms with E-state index in [0.29, 0.717) is 19.6 Å². The van der Waals surface area contributed by atoms with E-state index in [1.54, 1.807) is 0 Å². The first-order chi connectivity index (χ1) is 9.81. The van der Waals surface area contributed by atoms with Crippen LogP contribution in [0.2, 0.25) is 0 Å². The Kier molecular flexibility index (Phi) is 16.9. The summed E-state index contributed by atoms with van der Waals surface area (Å²) in [6.45, 7) is 4.27. The second kappa shape index (κ2) is 17.0. The maximum absolute atomic E-state index is 11.4. The molecule has 0 unspecified atom stereocenters. The fraction of sp³-hybridized carbons (Fsp3) is 0.938. The lowest BCUT2D eigenvalue weighted by Crippen LogP contribution is -2.07. The van der Waals surface area contributed by atoms with Crippen molar-refractivity contribution in [2.75, 3.05) is 25.2 Å². The van der Waals surface area contributed by atoms with Crippen molar-refractivity contribution < 1.29 is 14.3 Å². The highest BCUT2D eigenvalue weighted by Crippen LogP contribution is 2.05. The molecule has 0 rings (SSSR count). The number of unbranched alkanes of at least 4 members (excludes halogenated alkanes) is 6. The van der Waals surface area contributed by atoms with Crippen LogP contribution in [-0.2, 0) is 14.3 Å². The number of rotatable bonds is 15. The Morgan fingerprint density at radius 2 is 1.50 bits per heavy atom. The zero-order valence-electron chi connectivity index (χ0n) is 13.0. The summed E-state index contributed by atoms with van der Waals surface area (Å²) in [6.07, 6.45) is 10.9. The minimum Gasteiger partial charge on any atom is -0.466 e. The predicted octanol–water partition coefficient (Wildman–Crippen LogP) is 4.86. The zero-order chi connectivity index (χ0) is 14.9. The summed E-state index contributed by atoms with van der Waals surface area (Å²) in [4.78, 5) is 11.4. The van der Waals surface area contributed by atoms with Crippen LogP contribution in [0.25, 0.3) is 0 Å². The molecule has 0 spiro atoms. The summed E-state index contributed by atoms with van der Waals surface area (Å²) >= 11 is 3.35. The van der Waals surface area contributed by atoms with Crippen molar-refractivity contribution in [2.24, 2.45) is 0 Å². The Morgan fingerprint density at radius 1 is 0.850 bits per heavy atom. The van der Waals surface area contributed by atoms with E-state index in [9.17, 15) is 4.79 Å². The quantitative estimate of drug-likeness (QED) is 0.240. The van der Waals surface area contributed by atoms with Gasteiger partial charge in [-0.05, 0) is 25.7 Å². The Bertz CT molecular complexity index is 210. The van der Waals surface area contributed by atoms with Crippen molar-refractivity contribution >= 4 is 21.9 Å². The Morgan fingerprint density at radius 3 is 2.25 bits per heavy atom. The second-order valence-electron chi connectivity index (χ2n) is 5.10. The number of halogens is 1. The standard InChI is InChI=1S/C16H31BrO3/c1-2-3-4-5-6-8-13-19-14-10-11-16(18)20-15-9-7-12-17/h2-15H2,1H3. The molecule has 0 aromatic rings. The van der Waals surface area contributed by atoms with Gasteiger partial charge in [0.25, 0.3) is 0 Å². The average Bonchev–Trinajstić information content (AvgIpc) is 2.45. The molecule has 4 heteroatoms. The molecule has 0 bridgehead atoms. The molecular weight excluding hydrogens is 320 g/mol. The van der Waals surface area contributed by atoms with Crippen molar-refractivity contribution in [3.05, 3.63) is 0 Å². The third kappa shape index (κ3) is 16.0. The van der Waals surface area contributed by atoms with Gasteiger partial charge < -0.3 is 9.47 Å². The van der Waals surface area contributed by atoms with Gasteiger partial charge in [-0.25, -0.2) is 0 Å². The van der Waals surface area contributed by atoms with Gasteiger partial charge >= 0.3 is 5.97 Å². The Hall–Kier alpha value is -0.0900. The number of hydrogen-bond donors (Lipinski definition) is 0. The van der Waals surface area contributed by atoms with Crippen molar-refractivity contribution in [3.63, 3.8) is 0 Å². The minimum absolute atomic E-state index is 0.0947. The van der Waals surface area contributed by atoms with Crippen LogP contribution in [0.5, 0.6) is 0 Å². The molecule has 20 heavy (non-hydrogen) atoms. The van der Waals surface area contributed by atoms with Gasteiger partial charge in [0.1, 0.15) is 0 Å². The molecule has 0 heterocycles. The van der Waals surface area contributed by atoms with E-state index in [0.717, 1.165) is 37.6 Å². The first-order valence-electron chi connectivity index (χ1n) is 8.10. The minimum atomic E-state index is -0.0947. The number of ether oxygens (including phenoxy) is 2. The zero-order valence-corrected chi connectivity index (χ0v) is 14.6. The van der Waals surface area contributed by atoms with E-state index in [1.807, 2.05) is 0 Å². The highest BCUT2D eigenvalue weighted by atomic mass is 79.9. The van der Waals surface area contributed by atoms with Gasteiger partial charge in [-0.15, -0.1) is 0 Å². The molecule has 0 atom stereocenters. The fourth-order valence-electron chi connectivity index (χ4n) is 1.86. The molecule has 0 aromatic heterocycles. The second-order valence-corrected chi connectivity index (χ2v) is 5.89. The molecule has 0 saturated heterocycles.